The number of hydrogen-bond acceptors (Lipinski definition) is 2. The van der Waals surface area contributed by atoms with Crippen LogP contribution in [0.2, 0.25) is 0 Å². The number of guanidine groups is 1. The van der Waals surface area contributed by atoms with Crippen molar-refractivity contribution < 1.29 is 13.2 Å². The molecule has 0 spiro atoms. The van der Waals surface area contributed by atoms with Crippen molar-refractivity contribution in [2.24, 2.45) is 12.0 Å². The van der Waals surface area contributed by atoms with Gasteiger partial charge in [-0.05, 0) is 32.8 Å². The number of alkyl halides is 3. The minimum Gasteiger partial charge on any atom is -0.356 e. The number of hydrogen-bond donors (Lipinski definition) is 2. The van der Waals surface area contributed by atoms with E-state index in [1.165, 1.54) is 7.05 Å². The summed E-state index contributed by atoms with van der Waals surface area (Å²) >= 11 is 0. The van der Waals surface area contributed by atoms with E-state index >= 15 is 0 Å². The van der Waals surface area contributed by atoms with Crippen LogP contribution in [0.4, 0.5) is 13.2 Å². The van der Waals surface area contributed by atoms with Crippen molar-refractivity contribution in [2.75, 3.05) is 13.6 Å². The molecule has 0 amide bonds. The highest BCUT2D eigenvalue weighted by atomic mass is 19.4. The van der Waals surface area contributed by atoms with Crippen LogP contribution in [0.25, 0.3) is 0 Å². The summed E-state index contributed by atoms with van der Waals surface area (Å²) in [5.74, 6) is 0.371. The standard InChI is InChI=1S/C14H24F3N5/c1-9(8-12-10(2)21-22(5)11(12)3)20-13(18-4)19-7-6-14(15,16)17/h9H,6-8H2,1-5H3,(H2,18,19,20). The van der Waals surface area contributed by atoms with Gasteiger partial charge in [-0.15, -0.1) is 0 Å². The van der Waals surface area contributed by atoms with Gasteiger partial charge in [0.2, 0.25) is 0 Å². The minimum absolute atomic E-state index is 0.0266. The lowest BCUT2D eigenvalue weighted by atomic mass is 10.1. The highest BCUT2D eigenvalue weighted by Gasteiger charge is 2.26. The van der Waals surface area contributed by atoms with Gasteiger partial charge in [0, 0.05) is 32.4 Å². The third kappa shape index (κ3) is 5.57. The van der Waals surface area contributed by atoms with E-state index in [2.05, 4.69) is 20.7 Å². The summed E-state index contributed by atoms with van der Waals surface area (Å²) in [6, 6.07) is 0.0266. The number of aryl methyl sites for hydroxylation is 2. The van der Waals surface area contributed by atoms with Gasteiger partial charge in [-0.1, -0.05) is 0 Å². The second kappa shape index (κ2) is 7.51. The van der Waals surface area contributed by atoms with Gasteiger partial charge >= 0.3 is 6.18 Å². The molecule has 0 saturated carbocycles. The SMILES string of the molecule is CN=C(NCCC(F)(F)F)NC(C)Cc1c(C)nn(C)c1C. The molecule has 0 bridgehead atoms. The summed E-state index contributed by atoms with van der Waals surface area (Å²) in [4.78, 5) is 3.95. The summed E-state index contributed by atoms with van der Waals surface area (Å²) < 4.78 is 38.3. The van der Waals surface area contributed by atoms with E-state index in [1.807, 2.05) is 32.5 Å². The zero-order valence-corrected chi connectivity index (χ0v) is 13.7. The van der Waals surface area contributed by atoms with Crippen LogP contribution in [0.3, 0.4) is 0 Å². The first kappa shape index (κ1) is 18.3. The molecule has 1 aromatic rings. The van der Waals surface area contributed by atoms with Gasteiger partial charge in [0.05, 0.1) is 12.1 Å². The molecule has 0 aromatic carbocycles. The molecule has 22 heavy (non-hydrogen) atoms. The van der Waals surface area contributed by atoms with Crippen LogP contribution in [0, 0.1) is 13.8 Å². The third-order valence-corrected chi connectivity index (χ3v) is 3.48. The number of nitrogens with zero attached hydrogens (tertiary/aromatic N) is 3. The number of aliphatic imine (C=N–C) groups is 1. The number of halogens is 3. The Bertz CT molecular complexity index is 519. The Morgan fingerprint density at radius 3 is 2.45 bits per heavy atom. The first-order valence-electron chi connectivity index (χ1n) is 7.17. The molecule has 5 nitrogen and oxygen atoms in total. The average Bonchev–Trinajstić information content (AvgIpc) is 2.63. The molecule has 126 valence electrons. The third-order valence-electron chi connectivity index (χ3n) is 3.48. The monoisotopic (exact) mass is 319 g/mol. The second-order valence-corrected chi connectivity index (χ2v) is 5.39. The molecule has 8 heteroatoms. The van der Waals surface area contributed by atoms with Crippen molar-refractivity contribution in [3.8, 4) is 0 Å². The molecule has 1 rings (SSSR count). The molecular formula is C14H24F3N5. The first-order valence-corrected chi connectivity index (χ1v) is 7.17. The van der Waals surface area contributed by atoms with E-state index < -0.39 is 12.6 Å². The van der Waals surface area contributed by atoms with Gasteiger partial charge in [-0.3, -0.25) is 9.67 Å². The lowest BCUT2D eigenvalue weighted by Crippen LogP contribution is -2.44. The molecule has 0 aliphatic carbocycles. The summed E-state index contributed by atoms with van der Waals surface area (Å²) in [5, 5.41) is 10.1. The Balaban J connectivity index is 2.53. The van der Waals surface area contributed by atoms with Gasteiger partial charge in [0.15, 0.2) is 5.96 Å². The summed E-state index contributed by atoms with van der Waals surface area (Å²) in [5.41, 5.74) is 3.20. The van der Waals surface area contributed by atoms with Crippen LogP contribution < -0.4 is 10.6 Å². The van der Waals surface area contributed by atoms with E-state index in [0.29, 0.717) is 5.96 Å². The van der Waals surface area contributed by atoms with Gasteiger partial charge < -0.3 is 10.6 Å². The maximum Gasteiger partial charge on any atom is 0.390 e. The van der Waals surface area contributed by atoms with Crippen molar-refractivity contribution in [2.45, 2.75) is 45.8 Å². The van der Waals surface area contributed by atoms with E-state index in [0.717, 1.165) is 23.4 Å². The molecule has 0 aliphatic rings. The number of aromatic nitrogens is 2. The minimum atomic E-state index is -4.17. The molecule has 1 atom stereocenters. The van der Waals surface area contributed by atoms with E-state index in [-0.39, 0.29) is 12.6 Å². The summed E-state index contributed by atoms with van der Waals surface area (Å²) in [6.07, 6.45) is -4.32. The largest absolute Gasteiger partial charge is 0.390 e. The highest BCUT2D eigenvalue weighted by Crippen LogP contribution is 2.18. The number of rotatable bonds is 5. The van der Waals surface area contributed by atoms with Crippen LogP contribution in [0.5, 0.6) is 0 Å². The molecule has 1 aromatic heterocycles. The van der Waals surface area contributed by atoms with Crippen LogP contribution >= 0.6 is 0 Å². The lowest BCUT2D eigenvalue weighted by molar-refractivity contribution is -0.132. The Morgan fingerprint density at radius 2 is 2.00 bits per heavy atom. The lowest BCUT2D eigenvalue weighted by Gasteiger charge is -2.18. The normalized spacial score (nSPS) is 14.1. The maximum absolute atomic E-state index is 12.1. The average molecular weight is 319 g/mol. The van der Waals surface area contributed by atoms with Gasteiger partial charge in [0.1, 0.15) is 0 Å². The Morgan fingerprint density at radius 1 is 1.36 bits per heavy atom. The highest BCUT2D eigenvalue weighted by molar-refractivity contribution is 5.79. The van der Waals surface area contributed by atoms with Crippen molar-refractivity contribution in [1.29, 1.82) is 0 Å². The molecule has 2 N–H and O–H groups in total. The van der Waals surface area contributed by atoms with Gasteiger partial charge in [0.25, 0.3) is 0 Å². The van der Waals surface area contributed by atoms with Crippen LogP contribution in [0.1, 0.15) is 30.3 Å². The Hall–Kier alpha value is -1.73. The fraction of sp³-hybridized carbons (Fsp3) is 0.714. The molecule has 0 radical (unpaired) electrons. The molecule has 0 saturated heterocycles. The second-order valence-electron chi connectivity index (χ2n) is 5.39. The predicted octanol–water partition coefficient (Wildman–Crippen LogP) is 2.09. The van der Waals surface area contributed by atoms with E-state index in [9.17, 15) is 13.2 Å². The summed E-state index contributed by atoms with van der Waals surface area (Å²) in [7, 11) is 3.43. The van der Waals surface area contributed by atoms with Gasteiger partial charge in [-0.2, -0.15) is 18.3 Å². The maximum atomic E-state index is 12.1. The van der Waals surface area contributed by atoms with Gasteiger partial charge in [-0.25, -0.2) is 0 Å². The van der Waals surface area contributed by atoms with Crippen molar-refractivity contribution in [1.82, 2.24) is 20.4 Å². The predicted molar refractivity (Wildman–Crippen MR) is 81.0 cm³/mol. The fourth-order valence-electron chi connectivity index (χ4n) is 2.22. The Labute approximate surface area is 129 Å². The Kier molecular flexibility index (Phi) is 6.25. The molecular weight excluding hydrogens is 295 g/mol. The molecule has 1 unspecified atom stereocenters. The van der Waals surface area contributed by atoms with Crippen molar-refractivity contribution >= 4 is 5.96 Å². The fourth-order valence-corrected chi connectivity index (χ4v) is 2.22. The first-order chi connectivity index (χ1) is 10.1. The smallest absolute Gasteiger partial charge is 0.356 e. The van der Waals surface area contributed by atoms with Crippen LogP contribution in [0.15, 0.2) is 4.99 Å². The number of nitrogens with one attached hydrogen (secondary N) is 2. The van der Waals surface area contributed by atoms with E-state index in [4.69, 9.17) is 0 Å². The topological polar surface area (TPSA) is 54.2 Å². The van der Waals surface area contributed by atoms with Crippen LogP contribution in [-0.2, 0) is 13.5 Å². The zero-order chi connectivity index (χ0) is 16.9. The van der Waals surface area contributed by atoms with Crippen molar-refractivity contribution in [3.05, 3.63) is 17.0 Å². The molecule has 1 heterocycles. The molecule has 0 aliphatic heterocycles. The van der Waals surface area contributed by atoms with Crippen LogP contribution in [-0.4, -0.2) is 41.6 Å². The molecule has 0 fully saturated rings. The summed E-state index contributed by atoms with van der Waals surface area (Å²) in [6.45, 7) is 5.72. The van der Waals surface area contributed by atoms with E-state index in [1.54, 1.807) is 0 Å². The van der Waals surface area contributed by atoms with Crippen molar-refractivity contribution in [3.63, 3.8) is 0 Å². The zero-order valence-electron chi connectivity index (χ0n) is 13.7. The quantitative estimate of drug-likeness (QED) is 0.645.